The molecule has 0 aliphatic carbocycles. The van der Waals surface area contributed by atoms with Crippen LogP contribution in [0.4, 0.5) is 5.69 Å². The maximum atomic E-state index is 12.4. The monoisotopic (exact) mass is 301 g/mol. The summed E-state index contributed by atoms with van der Waals surface area (Å²) in [4.78, 5) is 16.8. The van der Waals surface area contributed by atoms with E-state index in [1.54, 1.807) is 0 Å². The Labute approximate surface area is 133 Å². The minimum atomic E-state index is 0.353. The number of nitrogens with one attached hydrogen (secondary N) is 1. The number of anilines is 1. The van der Waals surface area contributed by atoms with Crippen LogP contribution in [0.2, 0.25) is 0 Å². The number of amides is 1. The molecule has 3 rings (SSSR count). The third-order valence-electron chi connectivity index (χ3n) is 4.98. The molecule has 4 heteroatoms. The van der Waals surface area contributed by atoms with E-state index in [1.165, 1.54) is 18.5 Å². The van der Waals surface area contributed by atoms with Crippen LogP contribution in [0.5, 0.6) is 0 Å². The van der Waals surface area contributed by atoms with Gasteiger partial charge in [-0.25, -0.2) is 0 Å². The van der Waals surface area contributed by atoms with Crippen molar-refractivity contribution in [1.82, 2.24) is 10.2 Å². The molecule has 0 radical (unpaired) electrons. The molecule has 0 spiro atoms. The van der Waals surface area contributed by atoms with Crippen LogP contribution in [0.15, 0.2) is 30.3 Å². The van der Waals surface area contributed by atoms with Gasteiger partial charge in [0.1, 0.15) is 0 Å². The number of rotatable bonds is 4. The molecule has 0 saturated carbocycles. The van der Waals surface area contributed by atoms with Crippen molar-refractivity contribution in [3.8, 4) is 0 Å². The Balaban J connectivity index is 1.41. The average molecular weight is 301 g/mol. The first-order chi connectivity index (χ1) is 10.8. The largest absolute Gasteiger partial charge is 0.368 e. The van der Waals surface area contributed by atoms with Crippen LogP contribution in [-0.4, -0.2) is 50.1 Å². The second-order valence-corrected chi connectivity index (χ2v) is 6.44. The molecule has 1 N–H and O–H groups in total. The van der Waals surface area contributed by atoms with Crippen molar-refractivity contribution in [2.45, 2.75) is 25.7 Å². The normalized spacial score (nSPS) is 20.2. The van der Waals surface area contributed by atoms with Gasteiger partial charge in [-0.15, -0.1) is 0 Å². The predicted octanol–water partition coefficient (Wildman–Crippen LogP) is 2.11. The van der Waals surface area contributed by atoms with Crippen molar-refractivity contribution in [2.24, 2.45) is 5.92 Å². The Morgan fingerprint density at radius 1 is 1.05 bits per heavy atom. The number of carbonyl (C=O) groups is 1. The predicted molar refractivity (Wildman–Crippen MR) is 90.1 cm³/mol. The number of hydrogen-bond acceptors (Lipinski definition) is 3. The molecule has 0 unspecified atom stereocenters. The molecule has 1 amide bonds. The Morgan fingerprint density at radius 3 is 2.41 bits per heavy atom. The van der Waals surface area contributed by atoms with Crippen LogP contribution >= 0.6 is 0 Å². The molecule has 1 aromatic rings. The summed E-state index contributed by atoms with van der Waals surface area (Å²) < 4.78 is 0. The SMILES string of the molecule is O=C(CCC1CCNCC1)N1CCN(c2ccccc2)CC1. The van der Waals surface area contributed by atoms with Crippen molar-refractivity contribution in [3.05, 3.63) is 30.3 Å². The van der Waals surface area contributed by atoms with Gasteiger partial charge in [-0.2, -0.15) is 0 Å². The molecule has 2 fully saturated rings. The third kappa shape index (κ3) is 4.01. The second kappa shape index (κ2) is 7.63. The summed E-state index contributed by atoms with van der Waals surface area (Å²) in [6, 6.07) is 10.5. The van der Waals surface area contributed by atoms with Crippen molar-refractivity contribution in [2.75, 3.05) is 44.2 Å². The Bertz CT molecular complexity index is 462. The molecular weight excluding hydrogens is 274 g/mol. The van der Waals surface area contributed by atoms with Crippen molar-refractivity contribution >= 4 is 11.6 Å². The summed E-state index contributed by atoms with van der Waals surface area (Å²) >= 11 is 0. The number of nitrogens with zero attached hydrogens (tertiary/aromatic N) is 2. The third-order valence-corrected chi connectivity index (χ3v) is 4.98. The van der Waals surface area contributed by atoms with Gasteiger partial charge < -0.3 is 15.1 Å². The zero-order chi connectivity index (χ0) is 15.2. The summed E-state index contributed by atoms with van der Waals surface area (Å²) in [5, 5.41) is 3.39. The highest BCUT2D eigenvalue weighted by Crippen LogP contribution is 2.20. The molecule has 2 aliphatic rings. The van der Waals surface area contributed by atoms with Gasteiger partial charge in [-0.05, 0) is 50.4 Å². The van der Waals surface area contributed by atoms with Gasteiger partial charge in [0.25, 0.3) is 0 Å². The van der Waals surface area contributed by atoms with Crippen LogP contribution in [0, 0.1) is 5.92 Å². The first-order valence-corrected chi connectivity index (χ1v) is 8.61. The summed E-state index contributed by atoms with van der Waals surface area (Å²) in [6.07, 6.45) is 4.26. The van der Waals surface area contributed by atoms with Gasteiger partial charge in [0.05, 0.1) is 0 Å². The minimum Gasteiger partial charge on any atom is -0.368 e. The number of benzene rings is 1. The van der Waals surface area contributed by atoms with E-state index in [9.17, 15) is 4.79 Å². The quantitative estimate of drug-likeness (QED) is 0.925. The molecule has 1 aromatic carbocycles. The van der Waals surface area contributed by atoms with Gasteiger partial charge in [0, 0.05) is 38.3 Å². The molecule has 0 atom stereocenters. The highest BCUT2D eigenvalue weighted by atomic mass is 16.2. The summed E-state index contributed by atoms with van der Waals surface area (Å²) in [7, 11) is 0. The second-order valence-electron chi connectivity index (χ2n) is 6.44. The first kappa shape index (κ1) is 15.3. The lowest BCUT2D eigenvalue weighted by atomic mass is 9.93. The Morgan fingerprint density at radius 2 is 1.73 bits per heavy atom. The molecule has 0 aromatic heterocycles. The van der Waals surface area contributed by atoms with E-state index in [0.29, 0.717) is 5.91 Å². The Hall–Kier alpha value is -1.55. The molecule has 2 saturated heterocycles. The fourth-order valence-corrected chi connectivity index (χ4v) is 3.51. The van der Waals surface area contributed by atoms with Crippen molar-refractivity contribution in [1.29, 1.82) is 0 Å². The van der Waals surface area contributed by atoms with E-state index in [-0.39, 0.29) is 0 Å². The number of hydrogen-bond donors (Lipinski definition) is 1. The van der Waals surface area contributed by atoms with Crippen molar-refractivity contribution in [3.63, 3.8) is 0 Å². The number of piperazine rings is 1. The van der Waals surface area contributed by atoms with E-state index >= 15 is 0 Å². The fourth-order valence-electron chi connectivity index (χ4n) is 3.51. The van der Waals surface area contributed by atoms with Crippen LogP contribution in [0.1, 0.15) is 25.7 Å². The number of para-hydroxylation sites is 1. The van der Waals surface area contributed by atoms with Crippen LogP contribution in [0.3, 0.4) is 0 Å². The molecule has 2 aliphatic heterocycles. The molecule has 2 heterocycles. The fraction of sp³-hybridized carbons (Fsp3) is 0.611. The lowest BCUT2D eigenvalue weighted by Gasteiger charge is -2.36. The maximum absolute atomic E-state index is 12.4. The standard InChI is InChI=1S/C18H27N3O/c22-18(7-6-16-8-10-19-11-9-16)21-14-12-20(13-15-21)17-4-2-1-3-5-17/h1-5,16,19H,6-15H2. The summed E-state index contributed by atoms with van der Waals surface area (Å²) in [5.74, 6) is 1.10. The smallest absolute Gasteiger partial charge is 0.222 e. The first-order valence-electron chi connectivity index (χ1n) is 8.61. The van der Waals surface area contributed by atoms with Crippen LogP contribution in [0.25, 0.3) is 0 Å². The number of piperidine rings is 1. The van der Waals surface area contributed by atoms with Crippen molar-refractivity contribution < 1.29 is 4.79 Å². The molecule has 0 bridgehead atoms. The zero-order valence-electron chi connectivity index (χ0n) is 13.3. The minimum absolute atomic E-state index is 0.353. The van der Waals surface area contributed by atoms with E-state index in [4.69, 9.17) is 0 Å². The molecular formula is C18H27N3O. The van der Waals surface area contributed by atoms with E-state index < -0.39 is 0 Å². The maximum Gasteiger partial charge on any atom is 0.222 e. The highest BCUT2D eigenvalue weighted by Gasteiger charge is 2.22. The van der Waals surface area contributed by atoms with Gasteiger partial charge in [0.2, 0.25) is 5.91 Å². The summed E-state index contributed by atoms with van der Waals surface area (Å²) in [6.45, 7) is 5.86. The van der Waals surface area contributed by atoms with Gasteiger partial charge in [-0.3, -0.25) is 4.79 Å². The lowest BCUT2D eigenvalue weighted by Crippen LogP contribution is -2.48. The van der Waals surface area contributed by atoms with E-state index in [2.05, 4.69) is 39.4 Å². The molecule has 4 nitrogen and oxygen atoms in total. The number of carbonyl (C=O) groups excluding carboxylic acids is 1. The van der Waals surface area contributed by atoms with Gasteiger partial charge in [0.15, 0.2) is 0 Å². The Kier molecular flexibility index (Phi) is 5.33. The van der Waals surface area contributed by atoms with Crippen LogP contribution in [-0.2, 0) is 4.79 Å². The van der Waals surface area contributed by atoms with Gasteiger partial charge in [-0.1, -0.05) is 18.2 Å². The van der Waals surface area contributed by atoms with Crippen LogP contribution < -0.4 is 10.2 Å². The lowest BCUT2D eigenvalue weighted by molar-refractivity contribution is -0.131. The topological polar surface area (TPSA) is 35.6 Å². The molecule has 120 valence electrons. The van der Waals surface area contributed by atoms with Gasteiger partial charge >= 0.3 is 0 Å². The van der Waals surface area contributed by atoms with E-state index in [1.807, 2.05) is 6.07 Å². The molecule has 22 heavy (non-hydrogen) atoms. The average Bonchev–Trinajstić information content (AvgIpc) is 2.61. The summed E-state index contributed by atoms with van der Waals surface area (Å²) in [5.41, 5.74) is 1.27. The zero-order valence-corrected chi connectivity index (χ0v) is 13.3. The van der Waals surface area contributed by atoms with E-state index in [0.717, 1.165) is 58.0 Å². The highest BCUT2D eigenvalue weighted by molar-refractivity contribution is 5.76.